The van der Waals surface area contributed by atoms with Gasteiger partial charge in [0, 0.05) is 44.7 Å². The summed E-state index contributed by atoms with van der Waals surface area (Å²) in [6.45, 7) is 8.70. The zero-order chi connectivity index (χ0) is 19.1. The fourth-order valence-electron chi connectivity index (χ4n) is 2.71. The van der Waals surface area contributed by atoms with Crippen LogP contribution in [0.3, 0.4) is 0 Å². The number of ether oxygens (including phenoxy) is 1. The SMILES string of the molecule is COCCCNC(=O)c1cc(NCC2C[C@@H]2C)nc(N(C)SC(C)C)c1. The first-order chi connectivity index (χ1) is 12.4. The lowest BCUT2D eigenvalue weighted by atomic mass is 10.2. The molecule has 2 N–H and O–H groups in total. The molecule has 1 heterocycles. The quantitative estimate of drug-likeness (QED) is 0.453. The number of nitrogens with one attached hydrogen (secondary N) is 2. The Hall–Kier alpha value is -1.47. The van der Waals surface area contributed by atoms with Gasteiger partial charge in [-0.1, -0.05) is 20.8 Å². The normalized spacial score (nSPS) is 18.7. The Morgan fingerprint density at radius 2 is 2.19 bits per heavy atom. The number of rotatable bonds is 11. The summed E-state index contributed by atoms with van der Waals surface area (Å²) in [6, 6.07) is 3.70. The van der Waals surface area contributed by atoms with E-state index in [0.29, 0.717) is 24.0 Å². The molecule has 1 aromatic rings. The highest BCUT2D eigenvalue weighted by Crippen LogP contribution is 2.37. The predicted octanol–water partition coefficient (Wildman–Crippen LogP) is 3.41. The van der Waals surface area contributed by atoms with Crippen LogP contribution in [0.25, 0.3) is 0 Å². The molecular weight excluding hydrogens is 348 g/mol. The summed E-state index contributed by atoms with van der Waals surface area (Å²) in [5, 5.41) is 6.80. The number of aromatic nitrogens is 1. The molecule has 0 aromatic carbocycles. The first-order valence-electron chi connectivity index (χ1n) is 9.34. The van der Waals surface area contributed by atoms with Crippen LogP contribution in [-0.4, -0.2) is 50.0 Å². The Kier molecular flexibility index (Phi) is 8.03. The molecule has 6 nitrogen and oxygen atoms in total. The van der Waals surface area contributed by atoms with Gasteiger partial charge < -0.3 is 19.7 Å². The van der Waals surface area contributed by atoms with Gasteiger partial charge in [-0.15, -0.1) is 0 Å². The van der Waals surface area contributed by atoms with Crippen molar-refractivity contribution in [2.45, 2.75) is 38.9 Å². The third-order valence-corrected chi connectivity index (χ3v) is 5.32. The molecule has 0 saturated heterocycles. The predicted molar refractivity (Wildman–Crippen MR) is 110 cm³/mol. The lowest BCUT2D eigenvalue weighted by molar-refractivity contribution is 0.0948. The number of pyridine rings is 1. The molecule has 2 rings (SSSR count). The van der Waals surface area contributed by atoms with Crippen LogP contribution < -0.4 is 14.9 Å². The van der Waals surface area contributed by atoms with E-state index in [1.807, 2.05) is 23.5 Å². The molecule has 1 unspecified atom stereocenters. The largest absolute Gasteiger partial charge is 0.385 e. The molecule has 7 heteroatoms. The van der Waals surface area contributed by atoms with Crippen LogP contribution in [0.4, 0.5) is 11.6 Å². The lowest BCUT2D eigenvalue weighted by Gasteiger charge is -2.21. The molecule has 1 aliphatic carbocycles. The number of carbonyl (C=O) groups is 1. The number of hydrogen-bond acceptors (Lipinski definition) is 6. The van der Waals surface area contributed by atoms with Crippen molar-refractivity contribution in [2.75, 3.05) is 43.5 Å². The number of anilines is 2. The molecular formula is C19H32N4O2S. The summed E-state index contributed by atoms with van der Waals surface area (Å²) in [5.41, 5.74) is 0.634. The van der Waals surface area contributed by atoms with Crippen LogP contribution in [0.15, 0.2) is 12.1 Å². The number of methoxy groups -OCH3 is 1. The van der Waals surface area contributed by atoms with Gasteiger partial charge in [-0.05, 0) is 48.8 Å². The molecule has 2 atom stereocenters. The standard InChI is InChI=1S/C19H32N4O2S/c1-13(2)26-23(4)18-11-15(19(24)20-7-6-8-25-5)10-17(22-18)21-12-16-9-14(16)3/h10-11,13-14,16H,6-9,12H2,1-5H3,(H,20,24)(H,21,22)/t14-,16?/m0/s1. The van der Waals surface area contributed by atoms with Crippen molar-refractivity contribution in [1.82, 2.24) is 10.3 Å². The molecule has 0 radical (unpaired) electrons. The number of carbonyl (C=O) groups excluding carboxylic acids is 1. The van der Waals surface area contributed by atoms with Crippen LogP contribution in [0, 0.1) is 11.8 Å². The van der Waals surface area contributed by atoms with Gasteiger partial charge in [-0.25, -0.2) is 4.98 Å². The van der Waals surface area contributed by atoms with Crippen molar-refractivity contribution in [1.29, 1.82) is 0 Å². The average molecular weight is 381 g/mol. The molecule has 146 valence electrons. The van der Waals surface area contributed by atoms with E-state index in [2.05, 4.69) is 31.4 Å². The molecule has 26 heavy (non-hydrogen) atoms. The first kappa shape index (κ1) is 20.8. The van der Waals surface area contributed by atoms with Crippen molar-refractivity contribution < 1.29 is 9.53 Å². The van der Waals surface area contributed by atoms with E-state index in [0.717, 1.165) is 36.4 Å². The Morgan fingerprint density at radius 3 is 2.81 bits per heavy atom. The van der Waals surface area contributed by atoms with Crippen LogP contribution in [0.2, 0.25) is 0 Å². The van der Waals surface area contributed by atoms with Gasteiger partial charge in [0.2, 0.25) is 0 Å². The molecule has 1 aromatic heterocycles. The van der Waals surface area contributed by atoms with Gasteiger partial charge in [0.1, 0.15) is 11.6 Å². The van der Waals surface area contributed by atoms with Gasteiger partial charge in [-0.3, -0.25) is 4.79 Å². The summed E-state index contributed by atoms with van der Waals surface area (Å²) in [5.74, 6) is 2.98. The van der Waals surface area contributed by atoms with Gasteiger partial charge >= 0.3 is 0 Å². The fraction of sp³-hybridized carbons (Fsp3) is 0.684. The van der Waals surface area contributed by atoms with E-state index < -0.39 is 0 Å². The van der Waals surface area contributed by atoms with Crippen molar-refractivity contribution in [3.05, 3.63) is 17.7 Å². The zero-order valence-corrected chi connectivity index (χ0v) is 17.4. The van der Waals surface area contributed by atoms with E-state index in [9.17, 15) is 4.79 Å². The maximum absolute atomic E-state index is 12.5. The van der Waals surface area contributed by atoms with Gasteiger partial charge in [0.25, 0.3) is 5.91 Å². The second-order valence-electron chi connectivity index (χ2n) is 7.21. The topological polar surface area (TPSA) is 66.5 Å². The van der Waals surface area contributed by atoms with Crippen LogP contribution in [0.1, 0.15) is 44.0 Å². The minimum atomic E-state index is -0.0736. The van der Waals surface area contributed by atoms with E-state index in [-0.39, 0.29) is 5.91 Å². The first-order valence-corrected chi connectivity index (χ1v) is 10.2. The van der Waals surface area contributed by atoms with Crippen LogP contribution in [-0.2, 0) is 4.74 Å². The van der Waals surface area contributed by atoms with Crippen molar-refractivity contribution >= 4 is 29.5 Å². The van der Waals surface area contributed by atoms with E-state index in [4.69, 9.17) is 9.72 Å². The smallest absolute Gasteiger partial charge is 0.251 e. The summed E-state index contributed by atoms with van der Waals surface area (Å²) in [7, 11) is 3.65. The Morgan fingerprint density at radius 1 is 1.46 bits per heavy atom. The maximum atomic E-state index is 12.5. The van der Waals surface area contributed by atoms with Gasteiger partial charge in [0.05, 0.1) is 0 Å². The molecule has 0 bridgehead atoms. The summed E-state index contributed by atoms with van der Waals surface area (Å²) in [4.78, 5) is 17.2. The van der Waals surface area contributed by atoms with E-state index >= 15 is 0 Å². The summed E-state index contributed by atoms with van der Waals surface area (Å²) < 4.78 is 7.05. The Bertz CT molecular complexity index is 597. The second-order valence-corrected chi connectivity index (χ2v) is 8.91. The number of nitrogens with zero attached hydrogens (tertiary/aromatic N) is 2. The van der Waals surface area contributed by atoms with Gasteiger partial charge in [-0.2, -0.15) is 0 Å². The van der Waals surface area contributed by atoms with E-state index in [1.54, 1.807) is 19.1 Å². The average Bonchev–Trinajstić information content (AvgIpc) is 3.31. The lowest BCUT2D eigenvalue weighted by Crippen LogP contribution is -2.26. The van der Waals surface area contributed by atoms with Crippen molar-refractivity contribution in [2.24, 2.45) is 11.8 Å². The van der Waals surface area contributed by atoms with Crippen LogP contribution in [0.5, 0.6) is 0 Å². The monoisotopic (exact) mass is 380 g/mol. The number of hydrogen-bond donors (Lipinski definition) is 2. The number of amides is 1. The summed E-state index contributed by atoms with van der Waals surface area (Å²) >= 11 is 1.69. The Balaban J connectivity index is 2.09. The third-order valence-electron chi connectivity index (χ3n) is 4.40. The fourth-order valence-corrected chi connectivity index (χ4v) is 3.54. The van der Waals surface area contributed by atoms with Crippen molar-refractivity contribution in [3.63, 3.8) is 0 Å². The maximum Gasteiger partial charge on any atom is 0.251 e. The molecule has 0 spiro atoms. The molecule has 0 aliphatic heterocycles. The molecule has 1 saturated carbocycles. The van der Waals surface area contributed by atoms with Gasteiger partial charge in [0.15, 0.2) is 0 Å². The highest BCUT2D eigenvalue weighted by molar-refractivity contribution is 8.01. The van der Waals surface area contributed by atoms with Crippen LogP contribution >= 0.6 is 11.9 Å². The Labute approximate surface area is 161 Å². The highest BCUT2D eigenvalue weighted by Gasteiger charge is 2.32. The third kappa shape index (κ3) is 6.68. The minimum Gasteiger partial charge on any atom is -0.385 e. The second kappa shape index (κ2) is 10.0. The minimum absolute atomic E-state index is 0.0736. The summed E-state index contributed by atoms with van der Waals surface area (Å²) in [6.07, 6.45) is 2.07. The zero-order valence-electron chi connectivity index (χ0n) is 16.5. The molecule has 1 amide bonds. The molecule has 1 fully saturated rings. The van der Waals surface area contributed by atoms with Crippen molar-refractivity contribution in [3.8, 4) is 0 Å². The van der Waals surface area contributed by atoms with E-state index in [1.165, 1.54) is 6.42 Å². The molecule has 1 aliphatic rings. The highest BCUT2D eigenvalue weighted by atomic mass is 32.2.